The zero-order valence-corrected chi connectivity index (χ0v) is 11.1. The fourth-order valence-corrected chi connectivity index (χ4v) is 3.08. The molecule has 1 saturated carbocycles. The first kappa shape index (κ1) is 12.3. The molecule has 2 atom stereocenters. The molecule has 1 aliphatic rings. The van der Waals surface area contributed by atoms with E-state index in [0.717, 1.165) is 0 Å². The van der Waals surface area contributed by atoms with Gasteiger partial charge in [0.2, 0.25) is 0 Å². The SMILES string of the molecule is CCCC[C@@H]1[C@@H](c2ccccc2)C(=O)C1(C)C. The second-order valence-corrected chi connectivity index (χ2v) is 5.72. The van der Waals surface area contributed by atoms with Crippen LogP contribution >= 0.6 is 0 Å². The molecule has 0 heterocycles. The second-order valence-electron chi connectivity index (χ2n) is 5.72. The molecule has 1 heteroatoms. The van der Waals surface area contributed by atoms with E-state index in [2.05, 4.69) is 32.9 Å². The minimum absolute atomic E-state index is 0.115. The van der Waals surface area contributed by atoms with Crippen molar-refractivity contribution in [2.24, 2.45) is 11.3 Å². The number of unbranched alkanes of at least 4 members (excludes halogenated alkanes) is 1. The maximum atomic E-state index is 12.3. The van der Waals surface area contributed by atoms with E-state index < -0.39 is 0 Å². The first-order valence-corrected chi connectivity index (χ1v) is 6.68. The summed E-state index contributed by atoms with van der Waals surface area (Å²) in [5, 5.41) is 0. The zero-order chi connectivity index (χ0) is 12.5. The largest absolute Gasteiger partial charge is 0.298 e. The molecule has 0 aliphatic heterocycles. The van der Waals surface area contributed by atoms with E-state index in [9.17, 15) is 4.79 Å². The number of carbonyl (C=O) groups is 1. The molecule has 1 fully saturated rings. The highest BCUT2D eigenvalue weighted by molar-refractivity contribution is 5.97. The topological polar surface area (TPSA) is 17.1 Å². The van der Waals surface area contributed by atoms with Gasteiger partial charge in [-0.25, -0.2) is 0 Å². The second kappa shape index (κ2) is 4.64. The summed E-state index contributed by atoms with van der Waals surface area (Å²) in [6, 6.07) is 10.3. The molecule has 0 unspecified atom stereocenters. The summed E-state index contributed by atoms with van der Waals surface area (Å²) >= 11 is 0. The molecule has 0 bridgehead atoms. The number of hydrogen-bond donors (Lipinski definition) is 0. The van der Waals surface area contributed by atoms with E-state index in [1.807, 2.05) is 18.2 Å². The summed E-state index contributed by atoms with van der Waals surface area (Å²) in [6.45, 7) is 6.43. The molecule has 92 valence electrons. The van der Waals surface area contributed by atoms with Gasteiger partial charge in [0.1, 0.15) is 5.78 Å². The summed E-state index contributed by atoms with van der Waals surface area (Å²) in [4.78, 5) is 12.3. The van der Waals surface area contributed by atoms with Crippen LogP contribution in [0.5, 0.6) is 0 Å². The molecular weight excluding hydrogens is 208 g/mol. The molecule has 0 aromatic heterocycles. The molecule has 17 heavy (non-hydrogen) atoms. The Morgan fingerprint density at radius 1 is 1.18 bits per heavy atom. The first-order chi connectivity index (χ1) is 8.09. The highest BCUT2D eigenvalue weighted by Crippen LogP contribution is 2.54. The molecule has 0 spiro atoms. The molecule has 1 nitrogen and oxygen atoms in total. The lowest BCUT2D eigenvalue weighted by molar-refractivity contribution is -0.147. The van der Waals surface area contributed by atoms with Crippen molar-refractivity contribution in [2.75, 3.05) is 0 Å². The van der Waals surface area contributed by atoms with Crippen LogP contribution in [0.15, 0.2) is 30.3 Å². The number of Topliss-reactive ketones (excluding diaryl/α,β-unsaturated/α-hetero) is 1. The molecule has 0 radical (unpaired) electrons. The van der Waals surface area contributed by atoms with E-state index in [-0.39, 0.29) is 11.3 Å². The van der Waals surface area contributed by atoms with Crippen molar-refractivity contribution in [1.82, 2.24) is 0 Å². The van der Waals surface area contributed by atoms with Crippen LogP contribution in [0.3, 0.4) is 0 Å². The third-order valence-electron chi connectivity index (χ3n) is 4.27. The van der Waals surface area contributed by atoms with E-state index >= 15 is 0 Å². The van der Waals surface area contributed by atoms with Crippen LogP contribution in [0.4, 0.5) is 0 Å². The van der Waals surface area contributed by atoms with Gasteiger partial charge in [0.05, 0.1) is 0 Å². The lowest BCUT2D eigenvalue weighted by Gasteiger charge is -2.50. The van der Waals surface area contributed by atoms with Crippen molar-refractivity contribution in [3.05, 3.63) is 35.9 Å². The zero-order valence-electron chi connectivity index (χ0n) is 11.1. The first-order valence-electron chi connectivity index (χ1n) is 6.68. The smallest absolute Gasteiger partial charge is 0.146 e. The van der Waals surface area contributed by atoms with Crippen LogP contribution in [0.25, 0.3) is 0 Å². The molecule has 1 aromatic carbocycles. The van der Waals surface area contributed by atoms with Gasteiger partial charge in [-0.15, -0.1) is 0 Å². The average Bonchev–Trinajstić information content (AvgIpc) is 2.34. The van der Waals surface area contributed by atoms with Gasteiger partial charge in [0, 0.05) is 11.3 Å². The Labute approximate surface area is 104 Å². The van der Waals surface area contributed by atoms with Crippen molar-refractivity contribution < 1.29 is 4.79 Å². The Bertz CT molecular complexity index is 391. The fourth-order valence-electron chi connectivity index (χ4n) is 3.08. The van der Waals surface area contributed by atoms with Crippen molar-refractivity contribution in [2.45, 2.75) is 46.0 Å². The average molecular weight is 230 g/mol. The number of hydrogen-bond acceptors (Lipinski definition) is 1. The summed E-state index contributed by atoms with van der Waals surface area (Å²) in [5.41, 5.74) is 1.09. The number of ketones is 1. The van der Waals surface area contributed by atoms with E-state index in [1.54, 1.807) is 0 Å². The monoisotopic (exact) mass is 230 g/mol. The third kappa shape index (κ3) is 2.03. The van der Waals surface area contributed by atoms with Crippen molar-refractivity contribution >= 4 is 5.78 Å². The van der Waals surface area contributed by atoms with Crippen molar-refractivity contribution in [3.63, 3.8) is 0 Å². The lowest BCUT2D eigenvalue weighted by atomic mass is 9.51. The van der Waals surface area contributed by atoms with E-state index in [1.165, 1.54) is 24.8 Å². The Morgan fingerprint density at radius 2 is 1.82 bits per heavy atom. The summed E-state index contributed by atoms with van der Waals surface area (Å²) in [5.74, 6) is 1.10. The van der Waals surface area contributed by atoms with Gasteiger partial charge in [-0.05, 0) is 17.9 Å². The summed E-state index contributed by atoms with van der Waals surface area (Å²) in [6.07, 6.45) is 3.61. The maximum Gasteiger partial charge on any atom is 0.146 e. The lowest BCUT2D eigenvalue weighted by Crippen LogP contribution is -2.52. The molecule has 1 aromatic rings. The van der Waals surface area contributed by atoms with Crippen LogP contribution < -0.4 is 0 Å². The normalized spacial score (nSPS) is 26.6. The minimum atomic E-state index is -0.115. The van der Waals surface area contributed by atoms with Gasteiger partial charge in [-0.2, -0.15) is 0 Å². The molecule has 0 N–H and O–H groups in total. The number of rotatable bonds is 4. The third-order valence-corrected chi connectivity index (χ3v) is 4.27. The van der Waals surface area contributed by atoms with Crippen LogP contribution in [0.2, 0.25) is 0 Å². The highest BCUT2D eigenvalue weighted by Gasteiger charge is 2.55. The van der Waals surface area contributed by atoms with Crippen LogP contribution in [0.1, 0.15) is 51.5 Å². The van der Waals surface area contributed by atoms with Gasteiger partial charge in [0.25, 0.3) is 0 Å². The fraction of sp³-hybridized carbons (Fsp3) is 0.562. The molecular formula is C16H22O. The van der Waals surface area contributed by atoms with E-state index in [0.29, 0.717) is 11.7 Å². The van der Waals surface area contributed by atoms with Crippen molar-refractivity contribution in [3.8, 4) is 0 Å². The Kier molecular flexibility index (Phi) is 3.37. The van der Waals surface area contributed by atoms with Crippen molar-refractivity contribution in [1.29, 1.82) is 0 Å². The van der Waals surface area contributed by atoms with Crippen LogP contribution in [-0.2, 0) is 4.79 Å². The van der Waals surface area contributed by atoms with Gasteiger partial charge in [-0.3, -0.25) is 4.79 Å². The predicted molar refractivity (Wildman–Crippen MR) is 71.0 cm³/mol. The number of benzene rings is 1. The standard InChI is InChI=1S/C16H22O/c1-4-5-11-13-14(15(17)16(13,2)3)12-9-7-6-8-10-12/h6-10,13-14H,4-5,11H2,1-3H3/t13-,14-/m1/s1. The highest BCUT2D eigenvalue weighted by atomic mass is 16.1. The molecule has 0 saturated heterocycles. The predicted octanol–water partition coefficient (Wildman–Crippen LogP) is 4.19. The maximum absolute atomic E-state index is 12.3. The van der Waals surface area contributed by atoms with Gasteiger partial charge < -0.3 is 0 Å². The Morgan fingerprint density at radius 3 is 2.41 bits per heavy atom. The minimum Gasteiger partial charge on any atom is -0.298 e. The Balaban J connectivity index is 2.19. The van der Waals surface area contributed by atoms with Gasteiger partial charge >= 0.3 is 0 Å². The summed E-state index contributed by atoms with van der Waals surface area (Å²) < 4.78 is 0. The summed E-state index contributed by atoms with van der Waals surface area (Å²) in [7, 11) is 0. The molecule has 1 aliphatic carbocycles. The van der Waals surface area contributed by atoms with E-state index in [4.69, 9.17) is 0 Å². The Hall–Kier alpha value is -1.11. The van der Waals surface area contributed by atoms with Crippen LogP contribution in [0, 0.1) is 11.3 Å². The number of carbonyl (C=O) groups excluding carboxylic acids is 1. The molecule has 0 amide bonds. The van der Waals surface area contributed by atoms with Crippen LogP contribution in [-0.4, -0.2) is 5.78 Å². The molecule has 2 rings (SSSR count). The quantitative estimate of drug-likeness (QED) is 0.758. The van der Waals surface area contributed by atoms with Gasteiger partial charge in [0.15, 0.2) is 0 Å². The van der Waals surface area contributed by atoms with Gasteiger partial charge in [-0.1, -0.05) is 63.9 Å².